The minimum Gasteiger partial charge on any atom is -0.467 e. The van der Waals surface area contributed by atoms with Gasteiger partial charge in [0.1, 0.15) is 11.8 Å². The van der Waals surface area contributed by atoms with E-state index in [1.165, 1.54) is 11.8 Å². The number of furan rings is 1. The molecule has 134 valence electrons. The minimum atomic E-state index is -0.718. The number of rotatable bonds is 6. The number of nitrogens with one attached hydrogen (secondary N) is 2. The van der Waals surface area contributed by atoms with E-state index in [1.54, 1.807) is 53.7 Å². The molecule has 2 amide bonds. The minimum absolute atomic E-state index is 0.172. The molecule has 1 atom stereocenters. The van der Waals surface area contributed by atoms with Crippen molar-refractivity contribution in [2.45, 2.75) is 10.9 Å². The van der Waals surface area contributed by atoms with Crippen LogP contribution in [0.5, 0.6) is 0 Å². The Morgan fingerprint density at radius 3 is 2.73 bits per heavy atom. The molecule has 1 aromatic carbocycles. The summed E-state index contributed by atoms with van der Waals surface area (Å²) in [6.07, 6.45) is 6.88. The molecular weight excluding hydrogens is 352 g/mol. The molecule has 0 aliphatic carbocycles. The van der Waals surface area contributed by atoms with Crippen LogP contribution >= 0.6 is 11.8 Å². The Morgan fingerprint density at radius 2 is 2.04 bits per heavy atom. The summed E-state index contributed by atoms with van der Waals surface area (Å²) in [6.45, 7) is 0.172. The fourth-order valence-corrected chi connectivity index (χ4v) is 3.02. The van der Waals surface area contributed by atoms with Crippen LogP contribution in [-0.4, -0.2) is 34.4 Å². The second-order valence-corrected chi connectivity index (χ2v) is 6.23. The summed E-state index contributed by atoms with van der Waals surface area (Å²) < 4.78 is 7.09. The molecule has 2 heterocycles. The molecule has 0 saturated heterocycles. The fraction of sp³-hybridized carbons (Fsp3) is 0.167. The SMILES string of the molecule is CSc1ccccc1NC(=O)C(=O)NCC(c1ccco1)n1cccn1. The van der Waals surface area contributed by atoms with Gasteiger partial charge in [-0.1, -0.05) is 12.1 Å². The average molecular weight is 370 g/mol. The molecule has 0 fully saturated rings. The molecule has 0 saturated carbocycles. The highest BCUT2D eigenvalue weighted by molar-refractivity contribution is 7.98. The van der Waals surface area contributed by atoms with E-state index >= 15 is 0 Å². The summed E-state index contributed by atoms with van der Waals surface area (Å²) in [5.74, 6) is -0.795. The number of aromatic nitrogens is 2. The molecule has 0 aliphatic rings. The third-order valence-electron chi connectivity index (χ3n) is 3.73. The maximum atomic E-state index is 12.2. The summed E-state index contributed by atoms with van der Waals surface area (Å²) >= 11 is 1.49. The monoisotopic (exact) mass is 370 g/mol. The third kappa shape index (κ3) is 4.15. The number of carbonyl (C=O) groups excluding carboxylic acids is 2. The number of hydrogen-bond acceptors (Lipinski definition) is 5. The summed E-state index contributed by atoms with van der Waals surface area (Å²) in [5, 5.41) is 9.46. The van der Waals surface area contributed by atoms with Crippen molar-refractivity contribution >= 4 is 29.3 Å². The van der Waals surface area contributed by atoms with Crippen molar-refractivity contribution in [3.63, 3.8) is 0 Å². The first kappa shape index (κ1) is 17.8. The van der Waals surface area contributed by atoms with Crippen LogP contribution in [0.3, 0.4) is 0 Å². The van der Waals surface area contributed by atoms with Crippen LogP contribution in [0.2, 0.25) is 0 Å². The molecule has 2 N–H and O–H groups in total. The average Bonchev–Trinajstić information content (AvgIpc) is 3.36. The van der Waals surface area contributed by atoms with Gasteiger partial charge >= 0.3 is 11.8 Å². The summed E-state index contributed by atoms with van der Waals surface area (Å²) in [4.78, 5) is 25.3. The van der Waals surface area contributed by atoms with E-state index in [2.05, 4.69) is 15.7 Å². The molecule has 3 aromatic rings. The lowest BCUT2D eigenvalue weighted by Gasteiger charge is -2.16. The van der Waals surface area contributed by atoms with Crippen LogP contribution < -0.4 is 10.6 Å². The van der Waals surface area contributed by atoms with E-state index in [4.69, 9.17) is 4.42 Å². The van der Waals surface area contributed by atoms with Crippen molar-refractivity contribution in [2.24, 2.45) is 0 Å². The fourth-order valence-electron chi connectivity index (χ4n) is 2.47. The van der Waals surface area contributed by atoms with Gasteiger partial charge in [0.2, 0.25) is 0 Å². The zero-order valence-electron chi connectivity index (χ0n) is 14.1. The number of anilines is 1. The van der Waals surface area contributed by atoms with Crippen molar-refractivity contribution in [3.8, 4) is 0 Å². The van der Waals surface area contributed by atoms with E-state index in [1.807, 2.05) is 18.4 Å². The lowest BCUT2D eigenvalue weighted by molar-refractivity contribution is -0.136. The summed E-state index contributed by atoms with van der Waals surface area (Å²) in [6, 6.07) is 12.3. The zero-order chi connectivity index (χ0) is 18.4. The number of thioether (sulfide) groups is 1. The number of carbonyl (C=O) groups is 2. The molecule has 26 heavy (non-hydrogen) atoms. The van der Waals surface area contributed by atoms with Gasteiger partial charge < -0.3 is 15.1 Å². The van der Waals surface area contributed by atoms with Gasteiger partial charge in [0.15, 0.2) is 0 Å². The second-order valence-electron chi connectivity index (χ2n) is 5.38. The highest BCUT2D eigenvalue weighted by atomic mass is 32.2. The van der Waals surface area contributed by atoms with Crippen LogP contribution in [-0.2, 0) is 9.59 Å². The van der Waals surface area contributed by atoms with Crippen molar-refractivity contribution in [2.75, 3.05) is 18.1 Å². The van der Waals surface area contributed by atoms with Gasteiger partial charge in [-0.2, -0.15) is 5.10 Å². The van der Waals surface area contributed by atoms with Crippen LogP contribution in [0.15, 0.2) is 70.4 Å². The number of nitrogens with zero attached hydrogens (tertiary/aromatic N) is 2. The first-order chi connectivity index (χ1) is 12.7. The standard InChI is InChI=1S/C18H18N4O3S/c1-26-16-8-3-2-6-13(16)21-18(24)17(23)19-12-14(15-7-4-11-25-15)22-10-5-9-20-22/h2-11,14H,12H2,1H3,(H,19,23)(H,21,24). The van der Waals surface area contributed by atoms with Crippen molar-refractivity contribution in [1.82, 2.24) is 15.1 Å². The summed E-state index contributed by atoms with van der Waals surface area (Å²) in [7, 11) is 0. The van der Waals surface area contributed by atoms with Crippen molar-refractivity contribution in [3.05, 3.63) is 66.9 Å². The molecule has 2 aromatic heterocycles. The summed E-state index contributed by atoms with van der Waals surface area (Å²) in [5.41, 5.74) is 0.606. The van der Waals surface area contributed by atoms with Gasteiger partial charge in [-0.15, -0.1) is 11.8 Å². The number of hydrogen-bond donors (Lipinski definition) is 2. The Balaban J connectivity index is 1.64. The lowest BCUT2D eigenvalue weighted by Crippen LogP contribution is -2.39. The zero-order valence-corrected chi connectivity index (χ0v) is 14.9. The lowest BCUT2D eigenvalue weighted by atomic mass is 10.2. The van der Waals surface area contributed by atoms with Crippen molar-refractivity contribution in [1.29, 1.82) is 0 Å². The van der Waals surface area contributed by atoms with Crippen LogP contribution in [0.1, 0.15) is 11.8 Å². The predicted octanol–water partition coefficient (Wildman–Crippen LogP) is 2.54. The molecule has 0 bridgehead atoms. The normalized spacial score (nSPS) is 11.7. The molecule has 8 heteroatoms. The Hall–Kier alpha value is -3.00. The molecular formula is C18H18N4O3S. The largest absolute Gasteiger partial charge is 0.467 e. The quantitative estimate of drug-likeness (QED) is 0.514. The van der Waals surface area contributed by atoms with Crippen LogP contribution in [0.4, 0.5) is 5.69 Å². The Bertz CT molecular complexity index is 828. The maximum absolute atomic E-state index is 12.2. The number of para-hydroxylation sites is 1. The molecule has 3 rings (SSSR count). The third-order valence-corrected chi connectivity index (χ3v) is 4.53. The number of benzene rings is 1. The van der Waals surface area contributed by atoms with E-state index in [9.17, 15) is 9.59 Å². The maximum Gasteiger partial charge on any atom is 0.313 e. The van der Waals surface area contributed by atoms with Gasteiger partial charge in [0, 0.05) is 23.8 Å². The Morgan fingerprint density at radius 1 is 1.19 bits per heavy atom. The van der Waals surface area contributed by atoms with Crippen LogP contribution in [0.25, 0.3) is 0 Å². The smallest absolute Gasteiger partial charge is 0.313 e. The Kier molecular flexibility index (Phi) is 5.75. The highest BCUT2D eigenvalue weighted by Crippen LogP contribution is 2.24. The second kappa shape index (κ2) is 8.39. The van der Waals surface area contributed by atoms with E-state index in [0.717, 1.165) is 4.90 Å². The molecule has 0 spiro atoms. The van der Waals surface area contributed by atoms with Gasteiger partial charge in [0.25, 0.3) is 0 Å². The van der Waals surface area contributed by atoms with Crippen LogP contribution in [0, 0.1) is 0 Å². The van der Waals surface area contributed by atoms with Gasteiger partial charge in [-0.3, -0.25) is 14.3 Å². The first-order valence-corrected chi connectivity index (χ1v) is 9.16. The van der Waals surface area contributed by atoms with Crippen molar-refractivity contribution < 1.29 is 14.0 Å². The number of amides is 2. The van der Waals surface area contributed by atoms with Gasteiger partial charge in [-0.05, 0) is 36.6 Å². The van der Waals surface area contributed by atoms with E-state index < -0.39 is 11.8 Å². The van der Waals surface area contributed by atoms with E-state index in [0.29, 0.717) is 11.4 Å². The van der Waals surface area contributed by atoms with Gasteiger partial charge in [-0.25, -0.2) is 0 Å². The topological polar surface area (TPSA) is 89.2 Å². The molecule has 0 aliphatic heterocycles. The molecule has 7 nitrogen and oxygen atoms in total. The molecule has 0 radical (unpaired) electrons. The first-order valence-electron chi connectivity index (χ1n) is 7.93. The Labute approximate surface area is 154 Å². The predicted molar refractivity (Wildman–Crippen MR) is 98.9 cm³/mol. The van der Waals surface area contributed by atoms with E-state index in [-0.39, 0.29) is 12.6 Å². The molecule has 1 unspecified atom stereocenters. The van der Waals surface area contributed by atoms with Gasteiger partial charge in [0.05, 0.1) is 12.0 Å². The highest BCUT2D eigenvalue weighted by Gasteiger charge is 2.21.